The van der Waals surface area contributed by atoms with E-state index < -0.39 is 0 Å². The van der Waals surface area contributed by atoms with Crippen molar-refractivity contribution in [2.75, 3.05) is 32.8 Å². The first-order valence-corrected chi connectivity index (χ1v) is 8.60. The molecule has 1 heterocycles. The minimum absolute atomic E-state index is 0.642. The fourth-order valence-corrected chi connectivity index (χ4v) is 3.31. The molecule has 21 heavy (non-hydrogen) atoms. The normalized spacial score (nSPS) is 29.0. The molecule has 0 aromatic heterocycles. The lowest BCUT2D eigenvalue weighted by Crippen LogP contribution is -2.47. The van der Waals surface area contributed by atoms with Gasteiger partial charge in [0.25, 0.3) is 0 Å². The van der Waals surface area contributed by atoms with Gasteiger partial charge in [0, 0.05) is 43.6 Å². The van der Waals surface area contributed by atoms with Crippen molar-refractivity contribution >= 4 is 6.21 Å². The monoisotopic (exact) mass is 293 g/mol. The molecule has 1 N–H and O–H groups in total. The van der Waals surface area contributed by atoms with Crippen molar-refractivity contribution in [2.24, 2.45) is 4.99 Å². The van der Waals surface area contributed by atoms with Crippen LogP contribution in [0.4, 0.5) is 0 Å². The standard InChI is InChI=1S/C17H31N3O/c1-3-15(9-10-18-4-2)19-16-5-7-17(8-6-16)20-11-13-21-14-12-20/h9-10,16-17,19H,3-8,11-14H2,1-2H3/b15-9+,18-10-/t16-,17-. The van der Waals surface area contributed by atoms with Crippen molar-refractivity contribution in [1.29, 1.82) is 0 Å². The number of nitrogens with zero attached hydrogens (tertiary/aromatic N) is 2. The molecule has 1 saturated heterocycles. The summed E-state index contributed by atoms with van der Waals surface area (Å²) in [4.78, 5) is 6.90. The maximum absolute atomic E-state index is 5.45. The van der Waals surface area contributed by atoms with E-state index in [0.29, 0.717) is 6.04 Å². The van der Waals surface area contributed by atoms with E-state index in [1.807, 2.05) is 6.21 Å². The van der Waals surface area contributed by atoms with Crippen LogP contribution in [-0.2, 0) is 4.74 Å². The van der Waals surface area contributed by atoms with Crippen molar-refractivity contribution in [1.82, 2.24) is 10.2 Å². The Bertz CT molecular complexity index is 340. The molecule has 0 unspecified atom stereocenters. The van der Waals surface area contributed by atoms with Gasteiger partial charge in [0.2, 0.25) is 0 Å². The van der Waals surface area contributed by atoms with E-state index in [-0.39, 0.29) is 0 Å². The summed E-state index contributed by atoms with van der Waals surface area (Å²) in [7, 11) is 0. The summed E-state index contributed by atoms with van der Waals surface area (Å²) in [5.74, 6) is 0. The fourth-order valence-electron chi connectivity index (χ4n) is 3.31. The van der Waals surface area contributed by atoms with Crippen LogP contribution >= 0.6 is 0 Å². The zero-order valence-corrected chi connectivity index (χ0v) is 13.7. The Kier molecular flexibility index (Phi) is 7.24. The lowest BCUT2D eigenvalue weighted by molar-refractivity contribution is 0.00680. The van der Waals surface area contributed by atoms with Crippen LogP contribution in [0.25, 0.3) is 0 Å². The molecule has 4 heteroatoms. The number of aliphatic imine (C=N–C) groups is 1. The van der Waals surface area contributed by atoms with Crippen molar-refractivity contribution in [3.05, 3.63) is 11.8 Å². The second kappa shape index (κ2) is 9.21. The van der Waals surface area contributed by atoms with Crippen LogP contribution in [0.15, 0.2) is 16.8 Å². The molecule has 0 radical (unpaired) electrons. The molecule has 0 atom stereocenters. The molecule has 120 valence electrons. The number of rotatable bonds is 6. The lowest BCUT2D eigenvalue weighted by atomic mass is 9.89. The average Bonchev–Trinajstić information content (AvgIpc) is 2.55. The van der Waals surface area contributed by atoms with Crippen molar-refractivity contribution in [3.63, 3.8) is 0 Å². The van der Waals surface area contributed by atoms with E-state index in [4.69, 9.17) is 4.74 Å². The second-order valence-electron chi connectivity index (χ2n) is 5.99. The third kappa shape index (κ3) is 5.44. The first-order chi connectivity index (χ1) is 10.3. The van der Waals surface area contributed by atoms with Gasteiger partial charge in [-0.1, -0.05) is 6.92 Å². The zero-order chi connectivity index (χ0) is 14.9. The van der Waals surface area contributed by atoms with Crippen LogP contribution in [0, 0.1) is 0 Å². The Hall–Kier alpha value is -0.870. The number of hydrogen-bond acceptors (Lipinski definition) is 4. The van der Waals surface area contributed by atoms with Gasteiger partial charge in [-0.25, -0.2) is 0 Å². The molecule has 0 amide bonds. The summed E-state index contributed by atoms with van der Waals surface area (Å²) in [6.07, 6.45) is 10.3. The molecule has 4 nitrogen and oxygen atoms in total. The molecule has 1 aliphatic heterocycles. The largest absolute Gasteiger partial charge is 0.386 e. The number of ether oxygens (including phenoxy) is 1. The third-order valence-electron chi connectivity index (χ3n) is 4.59. The Morgan fingerprint density at radius 3 is 2.52 bits per heavy atom. The first-order valence-electron chi connectivity index (χ1n) is 8.60. The average molecular weight is 293 g/mol. The molecular weight excluding hydrogens is 262 g/mol. The zero-order valence-electron chi connectivity index (χ0n) is 13.7. The van der Waals surface area contributed by atoms with E-state index in [9.17, 15) is 0 Å². The van der Waals surface area contributed by atoms with E-state index in [0.717, 1.165) is 45.3 Å². The fraction of sp³-hybridized carbons (Fsp3) is 0.824. The topological polar surface area (TPSA) is 36.9 Å². The van der Waals surface area contributed by atoms with Crippen molar-refractivity contribution in [2.45, 2.75) is 58.0 Å². The minimum Gasteiger partial charge on any atom is -0.386 e. The molecule has 0 bridgehead atoms. The van der Waals surface area contributed by atoms with Crippen LogP contribution in [-0.4, -0.2) is 56.0 Å². The summed E-state index contributed by atoms with van der Waals surface area (Å²) >= 11 is 0. The number of allylic oxidation sites excluding steroid dienone is 2. The number of nitrogens with one attached hydrogen (secondary N) is 1. The highest BCUT2D eigenvalue weighted by atomic mass is 16.5. The second-order valence-corrected chi connectivity index (χ2v) is 5.99. The maximum Gasteiger partial charge on any atom is 0.0594 e. The number of morpholine rings is 1. The maximum atomic E-state index is 5.45. The molecule has 1 aliphatic carbocycles. The highest BCUT2D eigenvalue weighted by Gasteiger charge is 2.26. The highest BCUT2D eigenvalue weighted by molar-refractivity contribution is 5.71. The Morgan fingerprint density at radius 1 is 1.19 bits per heavy atom. The summed E-state index contributed by atoms with van der Waals surface area (Å²) in [6.45, 7) is 9.20. The van der Waals surface area contributed by atoms with Crippen LogP contribution in [0.5, 0.6) is 0 Å². The van der Waals surface area contributed by atoms with E-state index >= 15 is 0 Å². The summed E-state index contributed by atoms with van der Waals surface area (Å²) in [5, 5.41) is 3.71. The molecule has 0 spiro atoms. The quantitative estimate of drug-likeness (QED) is 0.765. The Morgan fingerprint density at radius 2 is 1.90 bits per heavy atom. The van der Waals surface area contributed by atoms with Gasteiger partial charge >= 0.3 is 0 Å². The molecule has 1 saturated carbocycles. The smallest absolute Gasteiger partial charge is 0.0594 e. The SMILES string of the molecule is CC/N=C\C=C(/CC)N[C@H]1CC[C@H](N2CCOCC2)CC1. The molecular formula is C17H31N3O. The molecule has 2 rings (SSSR count). The number of hydrogen-bond donors (Lipinski definition) is 1. The predicted molar refractivity (Wildman–Crippen MR) is 89.0 cm³/mol. The summed E-state index contributed by atoms with van der Waals surface area (Å²) in [5.41, 5.74) is 1.32. The van der Waals surface area contributed by atoms with Crippen LogP contribution < -0.4 is 5.32 Å². The van der Waals surface area contributed by atoms with Crippen molar-refractivity contribution < 1.29 is 4.74 Å². The Balaban J connectivity index is 1.75. The van der Waals surface area contributed by atoms with E-state index in [2.05, 4.69) is 35.1 Å². The van der Waals surface area contributed by atoms with Gasteiger partial charge in [-0.15, -0.1) is 0 Å². The molecule has 0 aromatic carbocycles. The predicted octanol–water partition coefficient (Wildman–Crippen LogP) is 2.60. The van der Waals surface area contributed by atoms with Gasteiger partial charge in [0.05, 0.1) is 13.2 Å². The first kappa shape index (κ1) is 16.5. The molecule has 0 aromatic rings. The van der Waals surface area contributed by atoms with Gasteiger partial charge < -0.3 is 10.1 Å². The van der Waals surface area contributed by atoms with Gasteiger partial charge in [0.15, 0.2) is 0 Å². The van der Waals surface area contributed by atoms with Gasteiger partial charge in [-0.2, -0.15) is 0 Å². The molecule has 2 aliphatic rings. The van der Waals surface area contributed by atoms with E-state index in [1.54, 1.807) is 0 Å². The summed E-state index contributed by atoms with van der Waals surface area (Å²) < 4.78 is 5.45. The lowest BCUT2D eigenvalue weighted by Gasteiger charge is -2.39. The van der Waals surface area contributed by atoms with Gasteiger partial charge in [-0.05, 0) is 45.1 Å². The third-order valence-corrected chi connectivity index (χ3v) is 4.59. The van der Waals surface area contributed by atoms with Gasteiger partial charge in [-0.3, -0.25) is 9.89 Å². The summed E-state index contributed by atoms with van der Waals surface area (Å²) in [6, 6.07) is 1.42. The highest BCUT2D eigenvalue weighted by Crippen LogP contribution is 2.24. The van der Waals surface area contributed by atoms with Crippen LogP contribution in [0.1, 0.15) is 46.0 Å². The van der Waals surface area contributed by atoms with Gasteiger partial charge in [0.1, 0.15) is 0 Å². The van der Waals surface area contributed by atoms with Crippen LogP contribution in [0.3, 0.4) is 0 Å². The van der Waals surface area contributed by atoms with Crippen molar-refractivity contribution in [3.8, 4) is 0 Å². The van der Waals surface area contributed by atoms with E-state index in [1.165, 1.54) is 31.4 Å². The Labute approximate surface area is 129 Å². The van der Waals surface area contributed by atoms with Crippen LogP contribution in [0.2, 0.25) is 0 Å². The minimum atomic E-state index is 0.642. The molecule has 2 fully saturated rings.